The van der Waals surface area contributed by atoms with Crippen LogP contribution in [0.3, 0.4) is 0 Å². The van der Waals surface area contributed by atoms with E-state index in [0.29, 0.717) is 33.6 Å². The molecule has 1 N–H and O–H groups in total. The standard InChI is InChI=1S/C16H14ClN3O3S/c1-10-14(17)7-4-8-15(10)20-24(21,22)13-6-3-5-12(9-13)16-18-11(2)23-19-16/h3-9,20H,1-2H3. The molecule has 0 saturated heterocycles. The zero-order valence-corrected chi connectivity index (χ0v) is 14.5. The molecule has 1 aromatic heterocycles. The molecule has 8 heteroatoms. The Morgan fingerprint density at radius 1 is 1.12 bits per heavy atom. The molecule has 3 rings (SSSR count). The fourth-order valence-electron chi connectivity index (χ4n) is 2.14. The van der Waals surface area contributed by atoms with Crippen molar-refractivity contribution in [3.05, 3.63) is 58.9 Å². The SMILES string of the molecule is Cc1nc(-c2cccc(S(=O)(=O)Nc3cccc(Cl)c3C)c2)no1. The van der Waals surface area contributed by atoms with Gasteiger partial charge in [0.2, 0.25) is 11.7 Å². The van der Waals surface area contributed by atoms with Crippen LogP contribution in [0.15, 0.2) is 51.9 Å². The fraction of sp³-hybridized carbons (Fsp3) is 0.125. The summed E-state index contributed by atoms with van der Waals surface area (Å²) >= 11 is 6.03. The Kier molecular flexibility index (Phi) is 4.29. The van der Waals surface area contributed by atoms with Gasteiger partial charge in [-0.25, -0.2) is 8.42 Å². The molecule has 1 heterocycles. The van der Waals surface area contributed by atoms with Crippen molar-refractivity contribution in [3.8, 4) is 11.4 Å². The van der Waals surface area contributed by atoms with Crippen LogP contribution in [0.4, 0.5) is 5.69 Å². The van der Waals surface area contributed by atoms with Crippen molar-refractivity contribution in [1.82, 2.24) is 10.1 Å². The predicted octanol–water partition coefficient (Wildman–Crippen LogP) is 3.81. The summed E-state index contributed by atoms with van der Waals surface area (Å²) in [5.41, 5.74) is 1.65. The Bertz CT molecular complexity index is 999. The Hall–Kier alpha value is -2.38. The van der Waals surface area contributed by atoms with Crippen LogP contribution in [0, 0.1) is 13.8 Å². The van der Waals surface area contributed by atoms with E-state index in [1.807, 2.05) is 0 Å². The molecule has 0 radical (unpaired) electrons. The highest BCUT2D eigenvalue weighted by Crippen LogP contribution is 2.26. The second kappa shape index (κ2) is 6.26. The maximum Gasteiger partial charge on any atom is 0.261 e. The Morgan fingerprint density at radius 3 is 2.58 bits per heavy atom. The first-order valence-electron chi connectivity index (χ1n) is 7.05. The van der Waals surface area contributed by atoms with Gasteiger partial charge in [0.1, 0.15) is 0 Å². The third-order valence-electron chi connectivity index (χ3n) is 3.44. The van der Waals surface area contributed by atoms with Gasteiger partial charge in [0.25, 0.3) is 10.0 Å². The molecule has 124 valence electrons. The van der Waals surface area contributed by atoms with Gasteiger partial charge in [-0.3, -0.25) is 4.72 Å². The number of rotatable bonds is 4. The van der Waals surface area contributed by atoms with Gasteiger partial charge in [-0.1, -0.05) is 35.0 Å². The minimum atomic E-state index is -3.77. The molecule has 0 aliphatic carbocycles. The normalized spacial score (nSPS) is 11.5. The van der Waals surface area contributed by atoms with Crippen LogP contribution in [0.5, 0.6) is 0 Å². The van der Waals surface area contributed by atoms with Gasteiger partial charge in [-0.15, -0.1) is 0 Å². The third-order valence-corrected chi connectivity index (χ3v) is 5.21. The van der Waals surface area contributed by atoms with Gasteiger partial charge < -0.3 is 4.52 Å². The molecule has 2 aromatic carbocycles. The Labute approximate surface area is 144 Å². The average molecular weight is 364 g/mol. The van der Waals surface area contributed by atoms with E-state index in [1.165, 1.54) is 12.1 Å². The van der Waals surface area contributed by atoms with Gasteiger partial charge in [-0.05, 0) is 36.8 Å². The van der Waals surface area contributed by atoms with E-state index in [4.69, 9.17) is 16.1 Å². The van der Waals surface area contributed by atoms with Crippen LogP contribution in [-0.2, 0) is 10.0 Å². The quantitative estimate of drug-likeness (QED) is 0.761. The van der Waals surface area contributed by atoms with Crippen molar-refractivity contribution in [2.45, 2.75) is 18.7 Å². The average Bonchev–Trinajstić information content (AvgIpc) is 2.98. The second-order valence-electron chi connectivity index (χ2n) is 5.18. The number of anilines is 1. The molecule has 0 spiro atoms. The lowest BCUT2D eigenvalue weighted by atomic mass is 10.2. The summed E-state index contributed by atoms with van der Waals surface area (Å²) in [5.74, 6) is 0.745. The molecular weight excluding hydrogens is 350 g/mol. The maximum absolute atomic E-state index is 12.6. The highest BCUT2D eigenvalue weighted by Gasteiger charge is 2.17. The summed E-state index contributed by atoms with van der Waals surface area (Å²) in [5, 5.41) is 4.29. The van der Waals surface area contributed by atoms with Crippen LogP contribution in [0.25, 0.3) is 11.4 Å². The van der Waals surface area contributed by atoms with Crippen molar-refractivity contribution in [3.63, 3.8) is 0 Å². The smallest absolute Gasteiger partial charge is 0.261 e. The van der Waals surface area contributed by atoms with Crippen molar-refractivity contribution in [2.24, 2.45) is 0 Å². The maximum atomic E-state index is 12.6. The van der Waals surface area contributed by atoms with Crippen LogP contribution in [0.2, 0.25) is 5.02 Å². The zero-order valence-electron chi connectivity index (χ0n) is 12.9. The molecule has 0 atom stereocenters. The van der Waals surface area contributed by atoms with E-state index < -0.39 is 10.0 Å². The van der Waals surface area contributed by atoms with Gasteiger partial charge in [0, 0.05) is 17.5 Å². The van der Waals surface area contributed by atoms with Crippen LogP contribution < -0.4 is 4.72 Å². The van der Waals surface area contributed by atoms with E-state index in [-0.39, 0.29) is 4.90 Å². The molecule has 0 aliphatic rings. The number of aryl methyl sites for hydroxylation is 1. The van der Waals surface area contributed by atoms with Crippen molar-refractivity contribution in [1.29, 1.82) is 0 Å². The lowest BCUT2D eigenvalue weighted by molar-refractivity contribution is 0.394. The van der Waals surface area contributed by atoms with E-state index in [0.717, 1.165) is 0 Å². The number of aromatic nitrogens is 2. The summed E-state index contributed by atoms with van der Waals surface area (Å²) < 4.78 is 32.7. The molecule has 6 nitrogen and oxygen atoms in total. The van der Waals surface area contributed by atoms with E-state index in [1.54, 1.807) is 44.2 Å². The monoisotopic (exact) mass is 363 g/mol. The molecule has 24 heavy (non-hydrogen) atoms. The molecular formula is C16H14ClN3O3S. The van der Waals surface area contributed by atoms with Crippen molar-refractivity contribution < 1.29 is 12.9 Å². The number of nitrogens with zero attached hydrogens (tertiary/aromatic N) is 2. The lowest BCUT2D eigenvalue weighted by Gasteiger charge is -2.11. The van der Waals surface area contributed by atoms with Gasteiger partial charge in [0.05, 0.1) is 10.6 Å². The molecule has 0 unspecified atom stereocenters. The number of sulfonamides is 1. The predicted molar refractivity (Wildman–Crippen MR) is 91.5 cm³/mol. The highest BCUT2D eigenvalue weighted by molar-refractivity contribution is 7.92. The topological polar surface area (TPSA) is 85.1 Å². The van der Waals surface area contributed by atoms with Gasteiger partial charge >= 0.3 is 0 Å². The number of hydrogen-bond acceptors (Lipinski definition) is 5. The molecule has 0 aliphatic heterocycles. The Morgan fingerprint density at radius 2 is 1.88 bits per heavy atom. The highest BCUT2D eigenvalue weighted by atomic mass is 35.5. The summed E-state index contributed by atoms with van der Waals surface area (Å²) in [7, 11) is -3.77. The minimum Gasteiger partial charge on any atom is -0.339 e. The molecule has 0 fully saturated rings. The first kappa shape index (κ1) is 16.5. The van der Waals surface area contributed by atoms with E-state index >= 15 is 0 Å². The zero-order chi connectivity index (χ0) is 17.3. The first-order valence-corrected chi connectivity index (χ1v) is 8.91. The molecule has 3 aromatic rings. The van der Waals surface area contributed by atoms with Crippen molar-refractivity contribution in [2.75, 3.05) is 4.72 Å². The number of nitrogens with one attached hydrogen (secondary N) is 1. The Balaban J connectivity index is 1.97. The largest absolute Gasteiger partial charge is 0.339 e. The second-order valence-corrected chi connectivity index (χ2v) is 7.27. The van der Waals surface area contributed by atoms with Crippen LogP contribution in [0.1, 0.15) is 11.5 Å². The lowest BCUT2D eigenvalue weighted by Crippen LogP contribution is -2.14. The summed E-state index contributed by atoms with van der Waals surface area (Å²) in [6, 6.07) is 11.4. The van der Waals surface area contributed by atoms with E-state index in [2.05, 4.69) is 14.9 Å². The summed E-state index contributed by atoms with van der Waals surface area (Å²) in [6.07, 6.45) is 0. The van der Waals surface area contributed by atoms with Gasteiger partial charge in [-0.2, -0.15) is 4.98 Å². The fourth-order valence-corrected chi connectivity index (χ4v) is 3.48. The van der Waals surface area contributed by atoms with Gasteiger partial charge in [0.15, 0.2) is 0 Å². The summed E-state index contributed by atoms with van der Waals surface area (Å²) in [4.78, 5) is 4.20. The minimum absolute atomic E-state index is 0.0989. The number of benzene rings is 2. The number of halogens is 1. The van der Waals surface area contributed by atoms with Crippen LogP contribution in [-0.4, -0.2) is 18.6 Å². The third kappa shape index (κ3) is 3.27. The summed E-state index contributed by atoms with van der Waals surface area (Å²) in [6.45, 7) is 3.42. The van der Waals surface area contributed by atoms with Crippen molar-refractivity contribution >= 4 is 27.3 Å². The molecule has 0 bridgehead atoms. The molecule has 0 saturated carbocycles. The number of hydrogen-bond donors (Lipinski definition) is 1. The van der Waals surface area contributed by atoms with Crippen LogP contribution >= 0.6 is 11.6 Å². The first-order chi connectivity index (χ1) is 11.4. The van der Waals surface area contributed by atoms with E-state index in [9.17, 15) is 8.42 Å². The molecule has 0 amide bonds.